The molecule has 3 amide bonds. The van der Waals surface area contributed by atoms with E-state index < -0.39 is 11.8 Å². The number of amides is 3. The Balaban J connectivity index is 1.39. The number of rotatable bonds is 3. The number of carbonyl (C=O) groups excluding carboxylic acids is 3. The highest BCUT2D eigenvalue weighted by atomic mass is 35.5. The summed E-state index contributed by atoms with van der Waals surface area (Å²) in [4.78, 5) is 43.2. The van der Waals surface area contributed by atoms with Gasteiger partial charge in [-0.25, -0.2) is 4.90 Å². The lowest BCUT2D eigenvalue weighted by Crippen LogP contribution is -2.34. The van der Waals surface area contributed by atoms with Crippen molar-refractivity contribution in [3.05, 3.63) is 53.3 Å². The predicted octanol–water partition coefficient (Wildman–Crippen LogP) is 2.65. The summed E-state index contributed by atoms with van der Waals surface area (Å²) in [5.74, 6) is -1.71. The largest absolute Gasteiger partial charge is 0.373 e. The van der Waals surface area contributed by atoms with Crippen molar-refractivity contribution in [3.8, 4) is 0 Å². The molecule has 4 atom stereocenters. The zero-order valence-corrected chi connectivity index (χ0v) is 15.4. The number of nitrogens with zero attached hydrogens (tertiary/aromatic N) is 2. The van der Waals surface area contributed by atoms with E-state index in [1.54, 1.807) is 30.3 Å². The van der Waals surface area contributed by atoms with Gasteiger partial charge in [-0.3, -0.25) is 19.4 Å². The highest BCUT2D eigenvalue weighted by Crippen LogP contribution is 2.50. The first-order valence-electron chi connectivity index (χ1n) is 9.10. The number of halogens is 1. The van der Waals surface area contributed by atoms with Crippen LogP contribution in [-0.2, 0) is 14.3 Å². The molecule has 0 spiro atoms. The highest BCUT2D eigenvalue weighted by Gasteiger charge is 2.62. The normalized spacial score (nSPS) is 28.0. The molecule has 2 aromatic rings. The summed E-state index contributed by atoms with van der Waals surface area (Å²) in [6, 6.07) is 9.76. The minimum Gasteiger partial charge on any atom is -0.373 e. The van der Waals surface area contributed by atoms with Gasteiger partial charge in [0.1, 0.15) is 5.69 Å². The standard InChI is InChI=1S/C20H16ClN3O4/c21-11-9-10(23-18(25)12-3-1-2-8-22-12)4-5-13(11)24-19(26)16-14-6-7-15(28-14)17(16)20(24)27/h1-5,8-9,14-17H,6-7H2,(H,23,25)/t14-,15+,16+,17-. The van der Waals surface area contributed by atoms with Crippen LogP contribution in [0, 0.1) is 11.8 Å². The van der Waals surface area contributed by atoms with E-state index in [1.807, 2.05) is 0 Å². The van der Waals surface area contributed by atoms with Gasteiger partial charge in [-0.15, -0.1) is 0 Å². The molecule has 3 aliphatic heterocycles. The van der Waals surface area contributed by atoms with Gasteiger partial charge in [-0.1, -0.05) is 17.7 Å². The van der Waals surface area contributed by atoms with Crippen LogP contribution < -0.4 is 10.2 Å². The molecule has 4 heterocycles. The third-order valence-electron chi connectivity index (χ3n) is 5.63. The number of ether oxygens (including phenoxy) is 1. The Morgan fingerprint density at radius 1 is 1.11 bits per heavy atom. The van der Waals surface area contributed by atoms with Crippen LogP contribution in [0.25, 0.3) is 0 Å². The molecule has 1 aromatic heterocycles. The Morgan fingerprint density at radius 2 is 1.82 bits per heavy atom. The van der Waals surface area contributed by atoms with E-state index in [2.05, 4.69) is 10.3 Å². The summed E-state index contributed by atoms with van der Waals surface area (Å²) < 4.78 is 5.74. The van der Waals surface area contributed by atoms with Crippen molar-refractivity contribution in [2.24, 2.45) is 11.8 Å². The Bertz CT molecular complexity index is 968. The summed E-state index contributed by atoms with van der Waals surface area (Å²) in [6.45, 7) is 0. The van der Waals surface area contributed by atoms with Crippen LogP contribution in [0.2, 0.25) is 5.02 Å². The maximum absolute atomic E-state index is 12.9. The number of nitrogens with one attached hydrogen (secondary N) is 1. The van der Waals surface area contributed by atoms with Gasteiger partial charge in [0.2, 0.25) is 11.8 Å². The number of pyridine rings is 1. The monoisotopic (exact) mass is 397 g/mol. The second-order valence-corrected chi connectivity index (χ2v) is 7.60. The summed E-state index contributed by atoms with van der Waals surface area (Å²) in [7, 11) is 0. The van der Waals surface area contributed by atoms with Gasteiger partial charge >= 0.3 is 0 Å². The van der Waals surface area contributed by atoms with E-state index in [4.69, 9.17) is 16.3 Å². The lowest BCUT2D eigenvalue weighted by atomic mass is 9.81. The average molecular weight is 398 g/mol. The van der Waals surface area contributed by atoms with Crippen LogP contribution in [-0.4, -0.2) is 34.9 Å². The number of aromatic nitrogens is 1. The lowest BCUT2D eigenvalue weighted by Gasteiger charge is -2.19. The SMILES string of the molecule is O=C(Nc1ccc(N2C(=O)[C@@H]3[C@H](C2=O)[C@@H]2CC[C@H]3O2)c(Cl)c1)c1ccccn1. The first-order chi connectivity index (χ1) is 13.5. The van der Waals surface area contributed by atoms with Crippen LogP contribution in [0.15, 0.2) is 42.6 Å². The Hall–Kier alpha value is -2.77. The maximum atomic E-state index is 12.9. The number of hydrogen-bond donors (Lipinski definition) is 1. The molecule has 0 unspecified atom stereocenters. The van der Waals surface area contributed by atoms with Crippen LogP contribution >= 0.6 is 11.6 Å². The zero-order valence-electron chi connectivity index (χ0n) is 14.7. The first kappa shape index (κ1) is 17.3. The summed E-state index contributed by atoms with van der Waals surface area (Å²) in [5, 5.41) is 2.93. The van der Waals surface area contributed by atoms with Crippen LogP contribution in [0.3, 0.4) is 0 Å². The topological polar surface area (TPSA) is 88.6 Å². The molecule has 3 fully saturated rings. The Labute approximate surface area is 165 Å². The van der Waals surface area contributed by atoms with Gasteiger partial charge in [0, 0.05) is 11.9 Å². The molecule has 0 radical (unpaired) electrons. The van der Waals surface area contributed by atoms with Gasteiger partial charge in [-0.2, -0.15) is 0 Å². The Kier molecular flexibility index (Phi) is 3.96. The van der Waals surface area contributed by atoms with Gasteiger partial charge in [0.15, 0.2) is 0 Å². The fraction of sp³-hybridized carbons (Fsp3) is 0.300. The molecule has 5 rings (SSSR count). The molecule has 2 bridgehead atoms. The molecule has 142 valence electrons. The van der Waals surface area contributed by atoms with E-state index in [-0.39, 0.29) is 40.6 Å². The Morgan fingerprint density at radius 3 is 2.43 bits per heavy atom. The van der Waals surface area contributed by atoms with Crippen LogP contribution in [0.1, 0.15) is 23.3 Å². The minimum atomic E-state index is -0.411. The van der Waals surface area contributed by atoms with Crippen molar-refractivity contribution in [1.82, 2.24) is 4.98 Å². The molecule has 3 aliphatic rings. The summed E-state index contributed by atoms with van der Waals surface area (Å²) in [5.41, 5.74) is 1.06. The molecule has 7 nitrogen and oxygen atoms in total. The number of carbonyl (C=O) groups is 3. The van der Waals surface area contributed by atoms with E-state index in [0.717, 1.165) is 12.8 Å². The molecule has 28 heavy (non-hydrogen) atoms. The quantitative estimate of drug-likeness (QED) is 0.804. The smallest absolute Gasteiger partial charge is 0.274 e. The maximum Gasteiger partial charge on any atom is 0.274 e. The number of benzene rings is 1. The fourth-order valence-corrected chi connectivity index (χ4v) is 4.67. The van der Waals surface area contributed by atoms with Crippen molar-refractivity contribution < 1.29 is 19.1 Å². The zero-order chi connectivity index (χ0) is 19.4. The molecule has 1 aromatic carbocycles. The van der Waals surface area contributed by atoms with Crippen molar-refractivity contribution in [2.45, 2.75) is 25.0 Å². The lowest BCUT2D eigenvalue weighted by molar-refractivity contribution is -0.124. The molecular formula is C20H16ClN3O4. The van der Waals surface area contributed by atoms with Gasteiger partial charge < -0.3 is 10.1 Å². The number of fused-ring (bicyclic) bond motifs is 5. The van der Waals surface area contributed by atoms with E-state index >= 15 is 0 Å². The van der Waals surface area contributed by atoms with Gasteiger partial charge in [0.25, 0.3) is 5.91 Å². The van der Waals surface area contributed by atoms with E-state index in [9.17, 15) is 14.4 Å². The molecule has 3 saturated heterocycles. The molecule has 0 aliphatic carbocycles. The minimum absolute atomic E-state index is 0.174. The van der Waals surface area contributed by atoms with Crippen molar-refractivity contribution in [2.75, 3.05) is 10.2 Å². The van der Waals surface area contributed by atoms with Crippen molar-refractivity contribution in [3.63, 3.8) is 0 Å². The second-order valence-electron chi connectivity index (χ2n) is 7.19. The molecule has 8 heteroatoms. The number of anilines is 2. The third-order valence-corrected chi connectivity index (χ3v) is 5.93. The first-order valence-corrected chi connectivity index (χ1v) is 9.47. The van der Waals surface area contributed by atoms with Crippen LogP contribution in [0.5, 0.6) is 0 Å². The second kappa shape index (κ2) is 6.39. The van der Waals surface area contributed by atoms with Gasteiger partial charge in [0.05, 0.1) is 34.8 Å². The van der Waals surface area contributed by atoms with E-state index in [0.29, 0.717) is 11.4 Å². The summed E-state index contributed by atoms with van der Waals surface area (Å²) >= 11 is 6.37. The van der Waals surface area contributed by atoms with Crippen molar-refractivity contribution >= 4 is 40.7 Å². The summed E-state index contributed by atoms with van der Waals surface area (Å²) in [6.07, 6.45) is 2.80. The highest BCUT2D eigenvalue weighted by molar-refractivity contribution is 6.36. The number of imide groups is 1. The van der Waals surface area contributed by atoms with E-state index in [1.165, 1.54) is 17.2 Å². The van der Waals surface area contributed by atoms with Crippen LogP contribution in [0.4, 0.5) is 11.4 Å². The predicted molar refractivity (Wildman–Crippen MR) is 101 cm³/mol. The third kappa shape index (κ3) is 2.54. The molecule has 1 N–H and O–H groups in total. The van der Waals surface area contributed by atoms with Crippen molar-refractivity contribution in [1.29, 1.82) is 0 Å². The molecular weight excluding hydrogens is 382 g/mol. The molecule has 0 saturated carbocycles. The average Bonchev–Trinajstić information content (AvgIpc) is 3.37. The number of hydrogen-bond acceptors (Lipinski definition) is 5. The van der Waals surface area contributed by atoms with Gasteiger partial charge in [-0.05, 0) is 43.2 Å². The fourth-order valence-electron chi connectivity index (χ4n) is 4.41.